The van der Waals surface area contributed by atoms with E-state index in [1.165, 1.54) is 0 Å². The van der Waals surface area contributed by atoms with Gasteiger partial charge < -0.3 is 9.63 Å². The van der Waals surface area contributed by atoms with Crippen LogP contribution in [-0.2, 0) is 6.18 Å². The molecule has 0 aliphatic heterocycles. The number of rotatable bonds is 2. The van der Waals surface area contributed by atoms with Crippen molar-refractivity contribution in [2.24, 2.45) is 0 Å². The van der Waals surface area contributed by atoms with E-state index in [4.69, 9.17) is 5.11 Å². The molecule has 8 heteroatoms. The number of aromatic carboxylic acids is 1. The highest BCUT2D eigenvalue weighted by Gasteiger charge is 2.35. The van der Waals surface area contributed by atoms with Crippen LogP contribution in [0.3, 0.4) is 0 Å². The molecule has 1 heterocycles. The van der Waals surface area contributed by atoms with E-state index in [0.29, 0.717) is 6.07 Å². The highest BCUT2D eigenvalue weighted by atomic mass is 19.4. The molecule has 2 aromatic rings. The molecule has 1 N–H and O–H groups in total. The van der Waals surface area contributed by atoms with Crippen LogP contribution in [0.5, 0.6) is 0 Å². The monoisotopic (exact) mass is 275 g/mol. The van der Waals surface area contributed by atoms with Gasteiger partial charge in [-0.05, 0) is 18.2 Å². The minimum Gasteiger partial charge on any atom is -0.476 e. The zero-order valence-electron chi connectivity index (χ0n) is 9.03. The molecule has 1 aromatic heterocycles. The molecule has 0 spiro atoms. The summed E-state index contributed by atoms with van der Waals surface area (Å²) in [5.74, 6) is -2.90. The second-order valence-electron chi connectivity index (χ2n) is 3.57. The summed E-state index contributed by atoms with van der Waals surface area (Å²) >= 11 is 0. The third-order valence-corrected chi connectivity index (χ3v) is 2.28. The minimum absolute atomic E-state index is 0.304. The smallest absolute Gasteiger partial charge is 0.417 e. The topological polar surface area (TPSA) is 63.3 Å². The maximum Gasteiger partial charge on any atom is 0.417 e. The number of aromatic nitrogens is 1. The lowest BCUT2D eigenvalue weighted by molar-refractivity contribution is -0.137. The van der Waals surface area contributed by atoms with E-state index in [9.17, 15) is 22.4 Å². The van der Waals surface area contributed by atoms with Gasteiger partial charge in [-0.15, -0.1) is 0 Å². The highest BCUT2D eigenvalue weighted by molar-refractivity contribution is 5.86. The van der Waals surface area contributed by atoms with Gasteiger partial charge in [0.25, 0.3) is 0 Å². The number of hydrogen-bond acceptors (Lipinski definition) is 3. The third kappa shape index (κ3) is 2.56. The van der Waals surface area contributed by atoms with Gasteiger partial charge in [-0.2, -0.15) is 13.2 Å². The molecule has 4 nitrogen and oxygen atoms in total. The molecule has 0 bridgehead atoms. The van der Waals surface area contributed by atoms with E-state index >= 15 is 0 Å². The number of carbonyl (C=O) groups is 1. The van der Waals surface area contributed by atoms with Crippen LogP contribution < -0.4 is 0 Å². The van der Waals surface area contributed by atoms with E-state index in [2.05, 4.69) is 9.68 Å². The predicted octanol–water partition coefficient (Wildman–Crippen LogP) is 3.20. The van der Waals surface area contributed by atoms with Crippen LogP contribution in [0, 0.1) is 5.82 Å². The molecular formula is C11H5F4NO3. The predicted molar refractivity (Wildman–Crippen MR) is 53.9 cm³/mol. The first-order valence-electron chi connectivity index (χ1n) is 4.86. The summed E-state index contributed by atoms with van der Waals surface area (Å²) in [6.07, 6.45) is -4.80. The van der Waals surface area contributed by atoms with E-state index in [1.54, 1.807) is 0 Å². The van der Waals surface area contributed by atoms with Crippen LogP contribution in [0.25, 0.3) is 11.3 Å². The molecule has 0 amide bonds. The summed E-state index contributed by atoms with van der Waals surface area (Å²) in [7, 11) is 0. The van der Waals surface area contributed by atoms with Crippen molar-refractivity contribution < 1.29 is 32.0 Å². The molecule has 0 saturated heterocycles. The Morgan fingerprint density at radius 1 is 1.26 bits per heavy atom. The summed E-state index contributed by atoms with van der Waals surface area (Å²) in [5, 5.41) is 11.7. The second-order valence-corrected chi connectivity index (χ2v) is 3.57. The average Bonchev–Trinajstić information content (AvgIpc) is 2.77. The van der Waals surface area contributed by atoms with Gasteiger partial charge in [-0.1, -0.05) is 5.16 Å². The zero-order valence-corrected chi connectivity index (χ0v) is 9.03. The summed E-state index contributed by atoms with van der Waals surface area (Å²) in [4.78, 5) is 10.6. The van der Waals surface area contributed by atoms with Crippen LogP contribution in [0.4, 0.5) is 17.6 Å². The molecule has 2 rings (SSSR count). The Hall–Kier alpha value is -2.38. The summed E-state index contributed by atoms with van der Waals surface area (Å²) in [6.45, 7) is 0. The zero-order chi connectivity index (χ0) is 14.2. The molecule has 0 saturated carbocycles. The van der Waals surface area contributed by atoms with Crippen LogP contribution >= 0.6 is 0 Å². The molecule has 0 aliphatic carbocycles. The summed E-state index contributed by atoms with van der Waals surface area (Å²) in [5.41, 5.74) is -2.28. The first kappa shape index (κ1) is 13.1. The summed E-state index contributed by atoms with van der Waals surface area (Å²) in [6, 6.07) is 2.81. The normalized spacial score (nSPS) is 11.6. The van der Waals surface area contributed by atoms with Crippen LogP contribution in [0.2, 0.25) is 0 Å². The van der Waals surface area contributed by atoms with Gasteiger partial charge in [0, 0.05) is 11.6 Å². The Labute approximate surface area is 103 Å². The lowest BCUT2D eigenvalue weighted by Gasteiger charge is -2.10. The van der Waals surface area contributed by atoms with Crippen LogP contribution in [0.1, 0.15) is 16.1 Å². The molecule has 100 valence electrons. The van der Waals surface area contributed by atoms with Crippen molar-refractivity contribution >= 4 is 5.97 Å². The number of nitrogens with zero attached hydrogens (tertiary/aromatic N) is 1. The van der Waals surface area contributed by atoms with Gasteiger partial charge in [0.15, 0.2) is 11.5 Å². The quantitative estimate of drug-likeness (QED) is 0.855. The fourth-order valence-corrected chi connectivity index (χ4v) is 1.47. The summed E-state index contributed by atoms with van der Waals surface area (Å²) < 4.78 is 55.6. The maximum atomic E-state index is 12.9. The Morgan fingerprint density at radius 3 is 2.47 bits per heavy atom. The number of halogens is 4. The number of alkyl halides is 3. The SMILES string of the molecule is O=C(O)c1cc(-c2ccc(F)cc2C(F)(F)F)on1. The number of carboxylic acid groups (broad SMARTS) is 1. The third-order valence-electron chi connectivity index (χ3n) is 2.28. The Balaban J connectivity index is 2.58. The Bertz CT molecular complexity index is 633. The Morgan fingerprint density at radius 2 is 1.95 bits per heavy atom. The van der Waals surface area contributed by atoms with Crippen molar-refractivity contribution in [1.29, 1.82) is 0 Å². The number of benzene rings is 1. The fourth-order valence-electron chi connectivity index (χ4n) is 1.47. The lowest BCUT2D eigenvalue weighted by Crippen LogP contribution is -2.07. The molecule has 0 fully saturated rings. The highest BCUT2D eigenvalue weighted by Crippen LogP contribution is 2.37. The van der Waals surface area contributed by atoms with Crippen molar-refractivity contribution in [2.45, 2.75) is 6.18 Å². The number of carboxylic acids is 1. The molecule has 0 aliphatic rings. The van der Waals surface area contributed by atoms with E-state index < -0.39 is 40.5 Å². The maximum absolute atomic E-state index is 12.9. The fraction of sp³-hybridized carbons (Fsp3) is 0.0909. The molecule has 0 atom stereocenters. The first-order valence-corrected chi connectivity index (χ1v) is 4.86. The van der Waals surface area contributed by atoms with Gasteiger partial charge in [0.1, 0.15) is 5.82 Å². The van der Waals surface area contributed by atoms with Crippen LogP contribution in [-0.4, -0.2) is 16.2 Å². The van der Waals surface area contributed by atoms with Gasteiger partial charge in [0.2, 0.25) is 0 Å². The van der Waals surface area contributed by atoms with Crippen LogP contribution in [0.15, 0.2) is 28.8 Å². The van der Waals surface area contributed by atoms with E-state index in [-0.39, 0.29) is 0 Å². The first-order chi connectivity index (χ1) is 8.79. The molecular weight excluding hydrogens is 270 g/mol. The molecule has 0 radical (unpaired) electrons. The van der Waals surface area contributed by atoms with E-state index in [1.807, 2.05) is 0 Å². The second kappa shape index (κ2) is 4.38. The van der Waals surface area contributed by atoms with Crippen molar-refractivity contribution in [3.05, 3.63) is 41.3 Å². The van der Waals surface area contributed by atoms with Crippen molar-refractivity contribution in [2.75, 3.05) is 0 Å². The van der Waals surface area contributed by atoms with Gasteiger partial charge in [0.05, 0.1) is 5.56 Å². The van der Waals surface area contributed by atoms with Gasteiger partial charge in [-0.3, -0.25) is 0 Å². The molecule has 1 aromatic carbocycles. The average molecular weight is 275 g/mol. The minimum atomic E-state index is -4.80. The largest absolute Gasteiger partial charge is 0.476 e. The van der Waals surface area contributed by atoms with Crippen molar-refractivity contribution in [1.82, 2.24) is 5.16 Å². The molecule has 19 heavy (non-hydrogen) atoms. The number of hydrogen-bond donors (Lipinski definition) is 1. The van der Waals surface area contributed by atoms with E-state index in [0.717, 1.165) is 18.2 Å². The molecule has 0 unspecified atom stereocenters. The van der Waals surface area contributed by atoms with Gasteiger partial charge in [-0.25, -0.2) is 9.18 Å². The van der Waals surface area contributed by atoms with Crippen molar-refractivity contribution in [3.63, 3.8) is 0 Å². The van der Waals surface area contributed by atoms with Crippen molar-refractivity contribution in [3.8, 4) is 11.3 Å². The Kier molecular flexibility index (Phi) is 3.01. The standard InChI is InChI=1S/C11H5F4NO3/c12-5-1-2-6(7(3-5)11(13,14)15)9-4-8(10(17)18)16-19-9/h1-4H,(H,17,18). The lowest BCUT2D eigenvalue weighted by atomic mass is 10.0. The van der Waals surface area contributed by atoms with Gasteiger partial charge >= 0.3 is 12.1 Å².